The van der Waals surface area contributed by atoms with E-state index in [4.69, 9.17) is 28.3 Å². The van der Waals surface area contributed by atoms with E-state index in [1.807, 2.05) is 53.4 Å². The Morgan fingerprint density at radius 2 is 1.83 bits per heavy atom. The van der Waals surface area contributed by atoms with Gasteiger partial charge in [0, 0.05) is 29.7 Å². The van der Waals surface area contributed by atoms with Crippen molar-refractivity contribution in [2.24, 2.45) is 0 Å². The lowest BCUT2D eigenvalue weighted by atomic mass is 10.0. The van der Waals surface area contributed by atoms with E-state index in [2.05, 4.69) is 5.32 Å². The summed E-state index contributed by atoms with van der Waals surface area (Å²) < 4.78 is 1.77. The Bertz CT molecular complexity index is 1080. The van der Waals surface area contributed by atoms with Crippen molar-refractivity contribution in [3.63, 3.8) is 0 Å². The number of piperidine rings is 1. The Morgan fingerprint density at radius 3 is 2.62 bits per heavy atom. The molecule has 3 aromatic rings. The van der Waals surface area contributed by atoms with E-state index in [1.165, 1.54) is 0 Å². The molecule has 1 fully saturated rings. The Labute approximate surface area is 179 Å². The van der Waals surface area contributed by atoms with Crippen molar-refractivity contribution < 1.29 is 4.79 Å². The number of halogens is 2. The number of fused-ring (bicyclic) bond motifs is 2. The van der Waals surface area contributed by atoms with Crippen LogP contribution < -0.4 is 5.32 Å². The fourth-order valence-electron chi connectivity index (χ4n) is 4.24. The number of aromatic nitrogens is 2. The van der Waals surface area contributed by atoms with Gasteiger partial charge >= 0.3 is 0 Å². The van der Waals surface area contributed by atoms with Crippen molar-refractivity contribution in [1.29, 1.82) is 0 Å². The van der Waals surface area contributed by atoms with E-state index in [1.54, 1.807) is 4.68 Å². The molecule has 3 heterocycles. The van der Waals surface area contributed by atoms with Crippen LogP contribution in [0.2, 0.25) is 10.0 Å². The van der Waals surface area contributed by atoms with Gasteiger partial charge in [-0.1, -0.05) is 47.5 Å². The van der Waals surface area contributed by atoms with Crippen LogP contribution in [-0.2, 0) is 0 Å². The van der Waals surface area contributed by atoms with Gasteiger partial charge in [-0.05, 0) is 43.5 Å². The summed E-state index contributed by atoms with van der Waals surface area (Å²) in [4.78, 5) is 15.4. The third-order valence-electron chi connectivity index (χ3n) is 5.69. The first-order chi connectivity index (χ1) is 14.1. The second kappa shape index (κ2) is 7.39. The van der Waals surface area contributed by atoms with Gasteiger partial charge in [-0.2, -0.15) is 5.10 Å². The van der Waals surface area contributed by atoms with Gasteiger partial charge in [0.15, 0.2) is 5.69 Å². The summed E-state index contributed by atoms with van der Waals surface area (Å²) in [6, 6.07) is 15.3. The van der Waals surface area contributed by atoms with Crippen LogP contribution in [0.25, 0.3) is 16.9 Å². The summed E-state index contributed by atoms with van der Waals surface area (Å²) >= 11 is 12.6. The van der Waals surface area contributed by atoms with Crippen LogP contribution in [0.4, 0.5) is 5.69 Å². The fraction of sp³-hybridized carbons (Fsp3) is 0.273. The maximum atomic E-state index is 13.4. The number of nitrogens with zero attached hydrogens (tertiary/aromatic N) is 3. The summed E-state index contributed by atoms with van der Waals surface area (Å²) in [5, 5.41) is 9.51. The zero-order chi connectivity index (χ0) is 20.0. The van der Waals surface area contributed by atoms with Gasteiger partial charge in [-0.15, -0.1) is 0 Å². The highest BCUT2D eigenvalue weighted by Gasteiger charge is 2.36. The van der Waals surface area contributed by atoms with Crippen LogP contribution in [-0.4, -0.2) is 39.7 Å². The van der Waals surface area contributed by atoms with Crippen molar-refractivity contribution >= 4 is 34.8 Å². The molecule has 1 aromatic heterocycles. The van der Waals surface area contributed by atoms with E-state index >= 15 is 0 Å². The first kappa shape index (κ1) is 18.5. The largest absolute Gasteiger partial charge is 0.379 e. The molecule has 29 heavy (non-hydrogen) atoms. The summed E-state index contributed by atoms with van der Waals surface area (Å²) in [7, 11) is 0. The highest BCUT2D eigenvalue weighted by molar-refractivity contribution is 6.32. The summed E-state index contributed by atoms with van der Waals surface area (Å²) in [5.41, 5.74) is 3.67. The number of hydrogen-bond donors (Lipinski definition) is 1. The molecule has 2 aromatic carbocycles. The number of rotatable bonds is 2. The molecular formula is C22H20Cl2N4O. The molecule has 2 aliphatic heterocycles. The van der Waals surface area contributed by atoms with Gasteiger partial charge in [-0.3, -0.25) is 4.79 Å². The van der Waals surface area contributed by atoms with Crippen LogP contribution in [0.5, 0.6) is 0 Å². The molecule has 0 bridgehead atoms. The summed E-state index contributed by atoms with van der Waals surface area (Å²) in [6.45, 7) is 1.49. The third kappa shape index (κ3) is 3.18. The van der Waals surface area contributed by atoms with Gasteiger partial charge in [0.1, 0.15) is 0 Å². The predicted octanol–water partition coefficient (Wildman–Crippen LogP) is 5.27. The van der Waals surface area contributed by atoms with E-state index in [0.717, 1.165) is 48.4 Å². The molecule has 5 rings (SSSR count). The molecule has 1 amide bonds. The van der Waals surface area contributed by atoms with Crippen LogP contribution >= 0.6 is 23.2 Å². The maximum Gasteiger partial charge on any atom is 0.276 e. The highest BCUT2D eigenvalue weighted by Crippen LogP contribution is 2.38. The van der Waals surface area contributed by atoms with Crippen molar-refractivity contribution in [1.82, 2.24) is 14.7 Å². The van der Waals surface area contributed by atoms with E-state index in [9.17, 15) is 4.79 Å². The van der Waals surface area contributed by atoms with Gasteiger partial charge < -0.3 is 10.2 Å². The number of carbonyl (C=O) groups excluding carboxylic acids is 1. The molecule has 1 saturated heterocycles. The minimum absolute atomic E-state index is 0.0179. The average Bonchev–Trinajstić information content (AvgIpc) is 3.05. The molecule has 0 radical (unpaired) electrons. The van der Waals surface area contributed by atoms with E-state index < -0.39 is 0 Å². The number of hydrogen-bond acceptors (Lipinski definition) is 3. The predicted molar refractivity (Wildman–Crippen MR) is 116 cm³/mol. The lowest BCUT2D eigenvalue weighted by molar-refractivity contribution is 0.0631. The van der Waals surface area contributed by atoms with Crippen LogP contribution in [0.15, 0.2) is 48.5 Å². The maximum absolute atomic E-state index is 13.4. The number of benzene rings is 2. The normalized spacial score (nSPS) is 18.6. The number of amides is 1. The Hall–Kier alpha value is -2.50. The molecule has 0 saturated carbocycles. The number of para-hydroxylation sites is 1. The quantitative estimate of drug-likeness (QED) is 0.607. The zero-order valence-electron chi connectivity index (χ0n) is 15.7. The zero-order valence-corrected chi connectivity index (χ0v) is 17.2. The first-order valence-electron chi connectivity index (χ1n) is 9.82. The molecule has 1 N–H and O–H groups in total. The molecule has 148 valence electrons. The van der Waals surface area contributed by atoms with Crippen molar-refractivity contribution in [3.8, 4) is 16.9 Å². The Kier molecular flexibility index (Phi) is 4.72. The average molecular weight is 427 g/mol. The molecular weight excluding hydrogens is 407 g/mol. The van der Waals surface area contributed by atoms with E-state index in [-0.39, 0.29) is 11.9 Å². The SMILES string of the molecule is O=C1c2nn(-c3ccccc3Cl)c(-c3ccc(Cl)cc3)c2NCC2CCCCN12. The second-order valence-corrected chi connectivity index (χ2v) is 8.32. The van der Waals surface area contributed by atoms with Crippen molar-refractivity contribution in [2.75, 3.05) is 18.4 Å². The second-order valence-electron chi connectivity index (χ2n) is 7.47. The fourth-order valence-corrected chi connectivity index (χ4v) is 4.59. The monoisotopic (exact) mass is 426 g/mol. The molecule has 1 unspecified atom stereocenters. The van der Waals surface area contributed by atoms with Crippen LogP contribution in [0, 0.1) is 0 Å². The topological polar surface area (TPSA) is 50.2 Å². The lowest BCUT2D eigenvalue weighted by Gasteiger charge is -2.33. The van der Waals surface area contributed by atoms with E-state index in [0.29, 0.717) is 22.3 Å². The number of nitrogens with one attached hydrogen (secondary N) is 1. The minimum Gasteiger partial charge on any atom is -0.379 e. The molecule has 5 nitrogen and oxygen atoms in total. The molecule has 2 aliphatic rings. The van der Waals surface area contributed by atoms with Gasteiger partial charge in [0.2, 0.25) is 0 Å². The van der Waals surface area contributed by atoms with Gasteiger partial charge in [0.25, 0.3) is 5.91 Å². The summed E-state index contributed by atoms with van der Waals surface area (Å²) in [6.07, 6.45) is 3.20. The third-order valence-corrected chi connectivity index (χ3v) is 6.26. The summed E-state index contributed by atoms with van der Waals surface area (Å²) in [5.74, 6) is -0.0179. The number of anilines is 1. The van der Waals surface area contributed by atoms with Crippen molar-refractivity contribution in [3.05, 3.63) is 64.3 Å². The smallest absolute Gasteiger partial charge is 0.276 e. The lowest BCUT2D eigenvalue weighted by Crippen LogP contribution is -2.45. The van der Waals surface area contributed by atoms with Crippen molar-refractivity contribution in [2.45, 2.75) is 25.3 Å². The first-order valence-corrected chi connectivity index (χ1v) is 10.6. The molecule has 0 aliphatic carbocycles. The molecule has 1 atom stereocenters. The Morgan fingerprint density at radius 1 is 1.03 bits per heavy atom. The molecule has 7 heteroatoms. The van der Waals surface area contributed by atoms with Crippen LogP contribution in [0.1, 0.15) is 29.8 Å². The Balaban J connectivity index is 1.73. The standard InChI is InChI=1S/C22H20Cl2N4O/c23-15-10-8-14(9-11-15)21-19-20(26-28(21)18-7-2-1-6-17(18)24)22(29)27-12-4-3-5-16(27)13-25-19/h1-2,6-11,16,25H,3-5,12-13H2. The van der Waals surface area contributed by atoms with Gasteiger partial charge in [0.05, 0.1) is 22.1 Å². The van der Waals surface area contributed by atoms with Crippen LogP contribution in [0.3, 0.4) is 0 Å². The van der Waals surface area contributed by atoms with Gasteiger partial charge in [-0.25, -0.2) is 4.68 Å². The number of carbonyl (C=O) groups is 1. The minimum atomic E-state index is -0.0179. The highest BCUT2D eigenvalue weighted by atomic mass is 35.5. The molecule has 0 spiro atoms.